The fourth-order valence-corrected chi connectivity index (χ4v) is 3.21. The molecule has 2 aromatic heterocycles. The third-order valence-electron chi connectivity index (χ3n) is 4.28. The molecule has 0 spiro atoms. The van der Waals surface area contributed by atoms with Crippen molar-refractivity contribution >= 4 is 45.7 Å². The summed E-state index contributed by atoms with van der Waals surface area (Å²) in [6, 6.07) is 9.94. The summed E-state index contributed by atoms with van der Waals surface area (Å²) < 4.78 is 1.07. The molecule has 0 aliphatic rings. The lowest BCUT2D eigenvalue weighted by molar-refractivity contribution is -0.384. The van der Waals surface area contributed by atoms with E-state index >= 15 is 0 Å². The number of nitrogen functional groups attached to an aromatic ring is 1. The number of H-pyrrole nitrogens is 1. The summed E-state index contributed by atoms with van der Waals surface area (Å²) in [6.45, 7) is 0. The Labute approximate surface area is 176 Å². The van der Waals surface area contributed by atoms with Crippen molar-refractivity contribution in [2.45, 2.75) is 0 Å². The average molecular weight is 445 g/mol. The topological polar surface area (TPSA) is 150 Å². The van der Waals surface area contributed by atoms with Crippen molar-refractivity contribution in [3.05, 3.63) is 83.5 Å². The normalized spacial score (nSPS) is 11.0. The number of benzene rings is 2. The highest BCUT2D eigenvalue weighted by Crippen LogP contribution is 2.30. The van der Waals surface area contributed by atoms with E-state index in [1.807, 2.05) is 0 Å². The lowest BCUT2D eigenvalue weighted by atomic mass is 10.2. The van der Waals surface area contributed by atoms with Gasteiger partial charge in [-0.2, -0.15) is 4.98 Å². The van der Waals surface area contributed by atoms with E-state index in [4.69, 9.17) is 28.9 Å². The third-order valence-corrected chi connectivity index (χ3v) is 4.86. The molecule has 0 fully saturated rings. The van der Waals surface area contributed by atoms with E-state index < -0.39 is 16.2 Å². The summed E-state index contributed by atoms with van der Waals surface area (Å²) in [7, 11) is 0. The molecule has 150 valence electrons. The number of fused-ring (bicyclic) bond motifs is 1. The van der Waals surface area contributed by atoms with Gasteiger partial charge < -0.3 is 10.7 Å². The Balaban J connectivity index is 2.02. The van der Waals surface area contributed by atoms with Crippen LogP contribution in [-0.4, -0.2) is 24.4 Å². The molecular formula is C18H10Cl2N6O4. The number of aromatic amines is 1. The second-order valence-electron chi connectivity index (χ2n) is 6.12. The van der Waals surface area contributed by atoms with Crippen molar-refractivity contribution in [2.24, 2.45) is 0 Å². The van der Waals surface area contributed by atoms with Gasteiger partial charge in [-0.15, -0.1) is 0 Å². The van der Waals surface area contributed by atoms with Crippen LogP contribution in [0.5, 0.6) is 0 Å². The maximum absolute atomic E-state index is 12.5. The van der Waals surface area contributed by atoms with Crippen LogP contribution in [0.15, 0.2) is 52.1 Å². The van der Waals surface area contributed by atoms with Gasteiger partial charge >= 0.3 is 5.69 Å². The molecule has 0 saturated carbocycles. The molecule has 0 bridgehead atoms. The van der Waals surface area contributed by atoms with Crippen LogP contribution in [0.2, 0.25) is 10.0 Å². The Bertz CT molecular complexity index is 1450. The molecule has 4 aromatic rings. The van der Waals surface area contributed by atoms with Crippen LogP contribution >= 0.6 is 23.2 Å². The first-order chi connectivity index (χ1) is 14.3. The summed E-state index contributed by atoms with van der Waals surface area (Å²) in [4.78, 5) is 46.0. The van der Waals surface area contributed by atoms with Crippen LogP contribution < -0.4 is 17.0 Å². The third kappa shape index (κ3) is 3.27. The van der Waals surface area contributed by atoms with Gasteiger partial charge in [0.1, 0.15) is 17.2 Å². The fraction of sp³-hybridized carbons (Fsp3) is 0. The standard InChI is InChI=1S/C18H10Cl2N6O4/c19-8-1-3-9(4-2-8)25-15(21)13-14(23-18(25)28)17(27)24-16(22-13)11-7-10(26(29)30)5-6-12(11)20/h1-7H,21H2,(H,22,24,27). The molecule has 2 heterocycles. The Morgan fingerprint density at radius 1 is 1.03 bits per heavy atom. The summed E-state index contributed by atoms with van der Waals surface area (Å²) in [6.07, 6.45) is 0. The van der Waals surface area contributed by atoms with E-state index in [-0.39, 0.29) is 38.9 Å². The monoisotopic (exact) mass is 444 g/mol. The summed E-state index contributed by atoms with van der Waals surface area (Å²) in [5, 5.41) is 11.7. The maximum Gasteiger partial charge on any atom is 0.354 e. The number of halogens is 2. The van der Waals surface area contributed by atoms with Crippen LogP contribution in [0.1, 0.15) is 0 Å². The minimum Gasteiger partial charge on any atom is -0.383 e. The first-order valence-corrected chi connectivity index (χ1v) is 9.04. The zero-order chi connectivity index (χ0) is 21.6. The van der Waals surface area contributed by atoms with Crippen LogP contribution in [-0.2, 0) is 0 Å². The maximum atomic E-state index is 12.5. The number of hydrogen-bond acceptors (Lipinski definition) is 7. The van der Waals surface area contributed by atoms with Gasteiger partial charge in [0.2, 0.25) is 0 Å². The van der Waals surface area contributed by atoms with Gasteiger partial charge in [0.05, 0.1) is 15.6 Å². The highest BCUT2D eigenvalue weighted by atomic mass is 35.5. The first kappa shape index (κ1) is 19.6. The van der Waals surface area contributed by atoms with Gasteiger partial charge in [0.25, 0.3) is 11.2 Å². The molecule has 0 radical (unpaired) electrons. The van der Waals surface area contributed by atoms with Gasteiger partial charge in [-0.05, 0) is 30.3 Å². The predicted octanol–water partition coefficient (Wildman–Crippen LogP) is 2.93. The quantitative estimate of drug-likeness (QED) is 0.364. The number of nitro groups is 1. The van der Waals surface area contributed by atoms with Gasteiger partial charge in [-0.25, -0.2) is 14.3 Å². The highest BCUT2D eigenvalue weighted by molar-refractivity contribution is 6.33. The number of nitro benzene ring substituents is 1. The zero-order valence-corrected chi connectivity index (χ0v) is 16.3. The lowest BCUT2D eigenvalue weighted by Gasteiger charge is -2.12. The average Bonchev–Trinajstić information content (AvgIpc) is 2.70. The van der Waals surface area contributed by atoms with Gasteiger partial charge in [0.15, 0.2) is 5.52 Å². The molecule has 12 heteroatoms. The Morgan fingerprint density at radius 3 is 2.40 bits per heavy atom. The smallest absolute Gasteiger partial charge is 0.354 e. The van der Waals surface area contributed by atoms with E-state index in [0.29, 0.717) is 10.7 Å². The lowest BCUT2D eigenvalue weighted by Crippen LogP contribution is -2.27. The summed E-state index contributed by atoms with van der Waals surface area (Å²) in [5.74, 6) is -0.197. The minimum atomic E-state index is -0.782. The second kappa shape index (κ2) is 7.25. The number of aromatic nitrogens is 4. The molecule has 4 rings (SSSR count). The minimum absolute atomic E-state index is 0.0593. The van der Waals surface area contributed by atoms with Gasteiger partial charge in [-0.1, -0.05) is 23.2 Å². The first-order valence-electron chi connectivity index (χ1n) is 8.29. The summed E-state index contributed by atoms with van der Waals surface area (Å²) in [5.41, 5.74) is 4.54. The highest BCUT2D eigenvalue weighted by Gasteiger charge is 2.18. The SMILES string of the molecule is Nc1c2nc(-c3cc([N+](=O)[O-])ccc3Cl)[nH]c(=O)c2nc(=O)n1-c1ccc(Cl)cc1. The molecular weight excluding hydrogens is 435 g/mol. The molecule has 2 aromatic carbocycles. The van der Waals surface area contributed by atoms with Crippen molar-refractivity contribution in [3.63, 3.8) is 0 Å². The number of nitrogens with two attached hydrogens (primary N) is 1. The molecule has 3 N–H and O–H groups in total. The molecule has 0 aliphatic heterocycles. The number of nitrogens with zero attached hydrogens (tertiary/aromatic N) is 4. The van der Waals surface area contributed by atoms with Crippen molar-refractivity contribution in [1.82, 2.24) is 19.5 Å². The number of nitrogens with one attached hydrogen (secondary N) is 1. The van der Waals surface area contributed by atoms with E-state index in [1.54, 1.807) is 24.3 Å². The molecule has 10 nitrogen and oxygen atoms in total. The number of anilines is 1. The van der Waals surface area contributed by atoms with Crippen LogP contribution in [0.25, 0.3) is 28.1 Å². The van der Waals surface area contributed by atoms with E-state index in [1.165, 1.54) is 18.2 Å². The van der Waals surface area contributed by atoms with E-state index in [2.05, 4.69) is 15.0 Å². The molecule has 30 heavy (non-hydrogen) atoms. The Kier molecular flexibility index (Phi) is 4.72. The Morgan fingerprint density at radius 2 is 1.73 bits per heavy atom. The molecule has 0 amide bonds. The van der Waals surface area contributed by atoms with Crippen molar-refractivity contribution in [1.29, 1.82) is 0 Å². The van der Waals surface area contributed by atoms with Crippen molar-refractivity contribution in [2.75, 3.05) is 5.73 Å². The molecule has 0 aliphatic carbocycles. The zero-order valence-electron chi connectivity index (χ0n) is 14.8. The summed E-state index contributed by atoms with van der Waals surface area (Å²) >= 11 is 12.0. The number of non-ortho nitro benzene ring substituents is 1. The van der Waals surface area contributed by atoms with Gasteiger partial charge in [0, 0.05) is 22.7 Å². The molecule has 0 unspecified atom stereocenters. The molecule has 0 atom stereocenters. The number of rotatable bonds is 3. The largest absolute Gasteiger partial charge is 0.383 e. The van der Waals surface area contributed by atoms with E-state index in [9.17, 15) is 19.7 Å². The van der Waals surface area contributed by atoms with Crippen molar-refractivity contribution < 1.29 is 4.92 Å². The van der Waals surface area contributed by atoms with Crippen LogP contribution in [0.4, 0.5) is 11.5 Å². The fourth-order valence-electron chi connectivity index (χ4n) is 2.88. The van der Waals surface area contributed by atoms with E-state index in [0.717, 1.165) is 4.57 Å². The number of hydrogen-bond donors (Lipinski definition) is 2. The van der Waals surface area contributed by atoms with Crippen LogP contribution in [0.3, 0.4) is 0 Å². The Hall–Kier alpha value is -3.76. The molecule has 0 saturated heterocycles. The van der Waals surface area contributed by atoms with Crippen molar-refractivity contribution in [3.8, 4) is 17.1 Å². The predicted molar refractivity (Wildman–Crippen MR) is 112 cm³/mol. The van der Waals surface area contributed by atoms with Gasteiger partial charge in [-0.3, -0.25) is 14.9 Å². The second-order valence-corrected chi connectivity index (χ2v) is 6.97. The van der Waals surface area contributed by atoms with Crippen LogP contribution in [0, 0.1) is 10.1 Å².